The molecule has 3 rings (SSSR count). The number of carbonyl (C=O) groups is 1. The van der Waals surface area contributed by atoms with Crippen molar-refractivity contribution in [1.82, 2.24) is 19.7 Å². The highest BCUT2D eigenvalue weighted by Crippen LogP contribution is 2.21. The second-order valence-electron chi connectivity index (χ2n) is 6.04. The molecule has 1 atom stereocenters. The van der Waals surface area contributed by atoms with Gasteiger partial charge in [-0.2, -0.15) is 10.4 Å². The van der Waals surface area contributed by atoms with Gasteiger partial charge >= 0.3 is 0 Å². The summed E-state index contributed by atoms with van der Waals surface area (Å²) in [6.07, 6.45) is 3.12. The van der Waals surface area contributed by atoms with E-state index in [0.29, 0.717) is 11.3 Å². The number of hydrogen-bond donors (Lipinski definition) is 0. The number of benzene rings is 2. The Morgan fingerprint density at radius 2 is 1.93 bits per heavy atom. The highest BCUT2D eigenvalue weighted by molar-refractivity contribution is 5.78. The Bertz CT molecular complexity index is 928. The number of hydrogen-bond acceptors (Lipinski definition) is 5. The Morgan fingerprint density at radius 1 is 1.22 bits per heavy atom. The topological polar surface area (TPSA) is 84.0 Å². The highest BCUT2D eigenvalue weighted by atomic mass is 16.5. The van der Waals surface area contributed by atoms with Crippen LogP contribution in [-0.4, -0.2) is 39.2 Å². The minimum atomic E-state index is -0.132. The van der Waals surface area contributed by atoms with E-state index < -0.39 is 0 Å². The molecule has 0 unspecified atom stereocenters. The van der Waals surface area contributed by atoms with Crippen molar-refractivity contribution in [2.24, 2.45) is 0 Å². The van der Waals surface area contributed by atoms with Crippen molar-refractivity contribution in [3.8, 4) is 17.5 Å². The molecule has 0 spiro atoms. The summed E-state index contributed by atoms with van der Waals surface area (Å²) in [4.78, 5) is 18.0. The number of nitriles is 1. The SMILES string of the molecule is C[C@H](c1ccc(-n2cncn2)cc1)N(C)C(=O)COc1ccc(C#N)cc1. The zero-order valence-electron chi connectivity index (χ0n) is 15.1. The van der Waals surface area contributed by atoms with Crippen molar-refractivity contribution in [3.05, 3.63) is 72.3 Å². The maximum absolute atomic E-state index is 12.4. The van der Waals surface area contributed by atoms with Gasteiger partial charge in [0.2, 0.25) is 0 Å². The van der Waals surface area contributed by atoms with Gasteiger partial charge in [0, 0.05) is 7.05 Å². The number of amides is 1. The Kier molecular flexibility index (Phi) is 5.47. The van der Waals surface area contributed by atoms with Crippen LogP contribution in [0.3, 0.4) is 0 Å². The van der Waals surface area contributed by atoms with Gasteiger partial charge in [0.05, 0.1) is 23.4 Å². The van der Waals surface area contributed by atoms with Gasteiger partial charge in [-0.05, 0) is 48.9 Å². The Balaban J connectivity index is 1.59. The lowest BCUT2D eigenvalue weighted by Gasteiger charge is -2.25. The first-order valence-electron chi connectivity index (χ1n) is 8.42. The molecule has 7 heteroatoms. The molecule has 7 nitrogen and oxygen atoms in total. The quantitative estimate of drug-likeness (QED) is 0.674. The monoisotopic (exact) mass is 361 g/mol. The molecule has 0 fully saturated rings. The zero-order chi connectivity index (χ0) is 19.2. The van der Waals surface area contributed by atoms with E-state index in [2.05, 4.69) is 10.1 Å². The van der Waals surface area contributed by atoms with Crippen molar-refractivity contribution in [1.29, 1.82) is 5.26 Å². The van der Waals surface area contributed by atoms with E-state index in [-0.39, 0.29) is 18.6 Å². The number of likely N-dealkylation sites (N-methyl/N-ethyl adjacent to an activating group) is 1. The molecule has 0 radical (unpaired) electrons. The average Bonchev–Trinajstić information content (AvgIpc) is 3.26. The molecule has 0 aliphatic heterocycles. The fraction of sp³-hybridized carbons (Fsp3) is 0.200. The second-order valence-corrected chi connectivity index (χ2v) is 6.04. The predicted octanol–water partition coefficient (Wildman–Crippen LogP) is 2.74. The molecule has 0 saturated heterocycles. The third-order valence-electron chi connectivity index (χ3n) is 4.38. The van der Waals surface area contributed by atoms with Crippen LogP contribution in [0.15, 0.2) is 61.2 Å². The van der Waals surface area contributed by atoms with Crippen LogP contribution < -0.4 is 4.74 Å². The molecular weight excluding hydrogens is 342 g/mol. The lowest BCUT2D eigenvalue weighted by atomic mass is 10.1. The molecule has 27 heavy (non-hydrogen) atoms. The third kappa shape index (κ3) is 4.30. The molecule has 0 bridgehead atoms. The van der Waals surface area contributed by atoms with Crippen LogP contribution in [0.5, 0.6) is 5.75 Å². The number of carbonyl (C=O) groups excluding carboxylic acids is 1. The number of ether oxygens (including phenoxy) is 1. The van der Waals surface area contributed by atoms with Crippen LogP contribution in [0.25, 0.3) is 5.69 Å². The number of rotatable bonds is 6. The van der Waals surface area contributed by atoms with Crippen LogP contribution in [0.2, 0.25) is 0 Å². The molecular formula is C20H19N5O2. The summed E-state index contributed by atoms with van der Waals surface area (Å²) in [5, 5.41) is 12.9. The molecule has 1 amide bonds. The molecule has 2 aromatic carbocycles. The van der Waals surface area contributed by atoms with E-state index in [4.69, 9.17) is 10.00 Å². The Morgan fingerprint density at radius 3 is 2.52 bits per heavy atom. The van der Waals surface area contributed by atoms with E-state index >= 15 is 0 Å². The smallest absolute Gasteiger partial charge is 0.260 e. The zero-order valence-corrected chi connectivity index (χ0v) is 15.1. The molecule has 136 valence electrons. The van der Waals surface area contributed by atoms with Gasteiger partial charge in [0.15, 0.2) is 6.61 Å². The van der Waals surface area contributed by atoms with Crippen LogP contribution in [0, 0.1) is 11.3 Å². The third-order valence-corrected chi connectivity index (χ3v) is 4.38. The first-order valence-corrected chi connectivity index (χ1v) is 8.42. The first-order chi connectivity index (χ1) is 13.1. The minimum Gasteiger partial charge on any atom is -0.484 e. The molecule has 1 aromatic heterocycles. The van der Waals surface area contributed by atoms with Crippen molar-refractivity contribution >= 4 is 5.91 Å². The lowest BCUT2D eigenvalue weighted by Crippen LogP contribution is -2.33. The van der Waals surface area contributed by atoms with Crippen LogP contribution in [-0.2, 0) is 4.79 Å². The summed E-state index contributed by atoms with van der Waals surface area (Å²) in [6, 6.07) is 16.4. The van der Waals surface area contributed by atoms with Crippen LogP contribution in [0.1, 0.15) is 24.1 Å². The van der Waals surface area contributed by atoms with Crippen LogP contribution >= 0.6 is 0 Å². The maximum atomic E-state index is 12.4. The van der Waals surface area contributed by atoms with Gasteiger partial charge in [-0.3, -0.25) is 4.79 Å². The van der Waals surface area contributed by atoms with Gasteiger partial charge in [0.25, 0.3) is 5.91 Å². The number of aromatic nitrogens is 3. The standard InChI is InChI=1S/C20H19N5O2/c1-15(17-5-7-18(8-6-17)25-14-22-13-23-25)24(2)20(26)12-27-19-9-3-16(11-21)4-10-19/h3-10,13-15H,12H2,1-2H3/t15-/m1/s1. The minimum absolute atomic E-state index is 0.0657. The predicted molar refractivity (Wildman–Crippen MR) is 99.2 cm³/mol. The maximum Gasteiger partial charge on any atom is 0.260 e. The summed E-state index contributed by atoms with van der Waals surface area (Å²) in [7, 11) is 1.75. The fourth-order valence-corrected chi connectivity index (χ4v) is 2.56. The first kappa shape index (κ1) is 18.1. The Labute approximate surface area is 157 Å². The van der Waals surface area contributed by atoms with Crippen molar-refractivity contribution in [3.63, 3.8) is 0 Å². The van der Waals surface area contributed by atoms with Gasteiger partial charge in [0.1, 0.15) is 18.4 Å². The van der Waals surface area contributed by atoms with Gasteiger partial charge < -0.3 is 9.64 Å². The molecule has 1 heterocycles. The van der Waals surface area contributed by atoms with Gasteiger partial charge in [-0.25, -0.2) is 9.67 Å². The normalized spacial score (nSPS) is 11.4. The molecule has 0 saturated carbocycles. The average molecular weight is 361 g/mol. The van der Waals surface area contributed by atoms with E-state index in [1.165, 1.54) is 6.33 Å². The summed E-state index contributed by atoms with van der Waals surface area (Å²) < 4.78 is 7.20. The molecule has 0 aliphatic carbocycles. The second kappa shape index (κ2) is 8.15. The fourth-order valence-electron chi connectivity index (χ4n) is 2.56. The summed E-state index contributed by atoms with van der Waals surface area (Å²) >= 11 is 0. The molecule has 0 N–H and O–H groups in total. The molecule has 0 aliphatic rings. The van der Waals surface area contributed by atoms with Crippen molar-refractivity contribution < 1.29 is 9.53 Å². The summed E-state index contributed by atoms with van der Waals surface area (Å²) in [5.74, 6) is 0.424. The van der Waals surface area contributed by atoms with Crippen molar-refractivity contribution in [2.45, 2.75) is 13.0 Å². The number of nitrogens with zero attached hydrogens (tertiary/aromatic N) is 5. The van der Waals surface area contributed by atoms with E-state index in [1.807, 2.05) is 37.3 Å². The molecule has 3 aromatic rings. The highest BCUT2D eigenvalue weighted by Gasteiger charge is 2.18. The van der Waals surface area contributed by atoms with Crippen LogP contribution in [0.4, 0.5) is 0 Å². The Hall–Kier alpha value is -3.66. The van der Waals surface area contributed by atoms with Gasteiger partial charge in [-0.15, -0.1) is 0 Å². The largest absolute Gasteiger partial charge is 0.484 e. The van der Waals surface area contributed by atoms with E-state index in [9.17, 15) is 4.79 Å². The van der Waals surface area contributed by atoms with E-state index in [1.54, 1.807) is 47.2 Å². The summed E-state index contributed by atoms with van der Waals surface area (Å²) in [5.41, 5.74) is 2.46. The summed E-state index contributed by atoms with van der Waals surface area (Å²) in [6.45, 7) is 1.90. The lowest BCUT2D eigenvalue weighted by molar-refractivity contribution is -0.134. The van der Waals surface area contributed by atoms with Crippen molar-refractivity contribution in [2.75, 3.05) is 13.7 Å². The van der Waals surface area contributed by atoms with E-state index in [0.717, 1.165) is 11.3 Å². The van der Waals surface area contributed by atoms with Gasteiger partial charge in [-0.1, -0.05) is 12.1 Å².